The Kier molecular flexibility index (Phi) is 3.19. The number of nitrogens with one attached hydrogen (secondary N) is 1. The normalized spacial score (nSPS) is 10.3. The van der Waals surface area contributed by atoms with Crippen LogP contribution in [0, 0.1) is 6.92 Å². The van der Waals surface area contributed by atoms with Gasteiger partial charge in [-0.25, -0.2) is 0 Å². The van der Waals surface area contributed by atoms with E-state index in [4.69, 9.17) is 0 Å². The van der Waals surface area contributed by atoms with Gasteiger partial charge in [0.1, 0.15) is 0 Å². The van der Waals surface area contributed by atoms with E-state index < -0.39 is 0 Å². The van der Waals surface area contributed by atoms with E-state index in [2.05, 4.69) is 36.7 Å². The summed E-state index contributed by atoms with van der Waals surface area (Å²) in [6, 6.07) is 5.50. The number of rotatable bonds is 2. The molecule has 1 N–H and O–H groups in total. The second-order valence-electron chi connectivity index (χ2n) is 3.52. The van der Waals surface area contributed by atoms with Crippen LogP contribution >= 0.6 is 15.9 Å². The fourth-order valence-corrected chi connectivity index (χ4v) is 1.70. The van der Waals surface area contributed by atoms with Gasteiger partial charge >= 0.3 is 0 Å². The lowest BCUT2D eigenvalue weighted by Crippen LogP contribution is -2.14. The van der Waals surface area contributed by atoms with E-state index in [9.17, 15) is 4.79 Å². The van der Waals surface area contributed by atoms with Crippen LogP contribution in [-0.2, 0) is 7.05 Å². The quantitative estimate of drug-likeness (QED) is 0.912. The molecule has 0 aliphatic carbocycles. The first kappa shape index (κ1) is 11.7. The lowest BCUT2D eigenvalue weighted by molar-refractivity contribution is 0.102. The molecule has 0 bridgehead atoms. The number of aryl methyl sites for hydroxylation is 2. The zero-order chi connectivity index (χ0) is 12.4. The molecule has 1 amide bonds. The van der Waals surface area contributed by atoms with Gasteiger partial charge in [0.25, 0.3) is 11.9 Å². The number of amides is 1. The molecule has 0 unspecified atom stereocenters. The molecule has 0 radical (unpaired) electrons. The molecule has 0 aliphatic heterocycles. The van der Waals surface area contributed by atoms with Gasteiger partial charge in [0, 0.05) is 10.0 Å². The first-order valence-corrected chi connectivity index (χ1v) is 5.67. The third kappa shape index (κ3) is 2.68. The van der Waals surface area contributed by atoms with Gasteiger partial charge < -0.3 is 0 Å². The monoisotopic (exact) mass is 295 g/mol. The number of nitrogens with zero attached hydrogens (tertiary/aromatic N) is 4. The van der Waals surface area contributed by atoms with Gasteiger partial charge in [0.2, 0.25) is 0 Å². The van der Waals surface area contributed by atoms with Crippen molar-refractivity contribution < 1.29 is 4.79 Å². The van der Waals surface area contributed by atoms with Crippen LogP contribution in [0.15, 0.2) is 22.7 Å². The Morgan fingerprint density at radius 3 is 2.88 bits per heavy atom. The van der Waals surface area contributed by atoms with Crippen molar-refractivity contribution in [2.75, 3.05) is 5.32 Å². The molecule has 1 aromatic carbocycles. The Hall–Kier alpha value is -1.76. The second kappa shape index (κ2) is 4.62. The van der Waals surface area contributed by atoms with E-state index in [1.807, 2.05) is 19.1 Å². The molecule has 6 nitrogen and oxygen atoms in total. The van der Waals surface area contributed by atoms with Crippen LogP contribution < -0.4 is 5.32 Å². The fourth-order valence-electron chi connectivity index (χ4n) is 1.34. The van der Waals surface area contributed by atoms with Crippen LogP contribution in [0.1, 0.15) is 15.9 Å². The van der Waals surface area contributed by atoms with Gasteiger partial charge in [0.15, 0.2) is 0 Å². The second-order valence-corrected chi connectivity index (χ2v) is 4.43. The maximum absolute atomic E-state index is 11.9. The lowest BCUT2D eigenvalue weighted by atomic mass is 10.1. The van der Waals surface area contributed by atoms with E-state index >= 15 is 0 Å². The summed E-state index contributed by atoms with van der Waals surface area (Å²) in [6.45, 7) is 1.87. The number of tetrazole rings is 1. The molecule has 88 valence electrons. The number of anilines is 1. The average Bonchev–Trinajstić information content (AvgIpc) is 2.67. The number of hydrogen-bond acceptors (Lipinski definition) is 4. The first-order chi connectivity index (χ1) is 8.06. The topological polar surface area (TPSA) is 72.7 Å². The molecule has 1 heterocycles. The van der Waals surface area contributed by atoms with Crippen molar-refractivity contribution in [3.8, 4) is 0 Å². The number of hydrogen-bond donors (Lipinski definition) is 1. The molecular formula is C10H10BrN5O. The maximum Gasteiger partial charge on any atom is 0.270 e. The first-order valence-electron chi connectivity index (χ1n) is 4.88. The summed E-state index contributed by atoms with van der Waals surface area (Å²) >= 11 is 3.33. The molecule has 2 rings (SSSR count). The molecule has 0 saturated carbocycles. The Bertz CT molecular complexity index is 566. The lowest BCUT2D eigenvalue weighted by Gasteiger charge is -2.04. The van der Waals surface area contributed by atoms with Gasteiger partial charge in [-0.15, -0.1) is 5.10 Å². The van der Waals surface area contributed by atoms with Gasteiger partial charge in [-0.3, -0.25) is 10.1 Å². The van der Waals surface area contributed by atoms with Crippen molar-refractivity contribution in [1.29, 1.82) is 0 Å². The summed E-state index contributed by atoms with van der Waals surface area (Å²) in [7, 11) is 1.63. The minimum absolute atomic E-state index is 0.192. The highest BCUT2D eigenvalue weighted by molar-refractivity contribution is 9.10. The molecule has 0 fully saturated rings. The molecule has 0 atom stereocenters. The molecular weight excluding hydrogens is 286 g/mol. The van der Waals surface area contributed by atoms with E-state index in [-0.39, 0.29) is 11.9 Å². The summed E-state index contributed by atoms with van der Waals surface area (Å²) in [5.74, 6) is -0.0614. The van der Waals surface area contributed by atoms with Crippen LogP contribution in [0.25, 0.3) is 0 Å². The predicted octanol–water partition coefficient (Wildman–Crippen LogP) is 1.53. The number of carbonyl (C=O) groups excluding carboxylic acids is 1. The summed E-state index contributed by atoms with van der Waals surface area (Å²) in [5.41, 5.74) is 1.46. The fraction of sp³-hybridized carbons (Fsp3) is 0.200. The van der Waals surface area contributed by atoms with Crippen LogP contribution in [0.2, 0.25) is 0 Å². The van der Waals surface area contributed by atoms with E-state index in [1.165, 1.54) is 4.80 Å². The van der Waals surface area contributed by atoms with E-state index in [0.29, 0.717) is 5.56 Å². The third-order valence-corrected chi connectivity index (χ3v) is 2.67. The molecule has 7 heteroatoms. The van der Waals surface area contributed by atoms with Crippen molar-refractivity contribution >= 4 is 27.8 Å². The van der Waals surface area contributed by atoms with Crippen molar-refractivity contribution in [3.05, 3.63) is 33.8 Å². The largest absolute Gasteiger partial charge is 0.288 e. The third-order valence-electron chi connectivity index (χ3n) is 2.18. The van der Waals surface area contributed by atoms with E-state index in [1.54, 1.807) is 13.1 Å². The molecule has 1 aromatic heterocycles. The Balaban J connectivity index is 2.22. The highest BCUT2D eigenvalue weighted by atomic mass is 79.9. The van der Waals surface area contributed by atoms with Crippen molar-refractivity contribution in [2.24, 2.45) is 7.05 Å². The number of carbonyl (C=O) groups is 1. The van der Waals surface area contributed by atoms with Crippen LogP contribution in [0.5, 0.6) is 0 Å². The standard InChI is InChI=1S/C10H10BrN5O/c1-6-3-4-7(11)5-8(6)9(17)12-10-13-15-16(2)14-10/h3-5H,1-2H3,(H,12,14,17). The minimum atomic E-state index is -0.253. The Morgan fingerprint density at radius 1 is 1.47 bits per heavy atom. The molecule has 0 spiro atoms. The number of aromatic nitrogens is 4. The van der Waals surface area contributed by atoms with Gasteiger partial charge in [-0.2, -0.15) is 4.80 Å². The summed E-state index contributed by atoms with van der Waals surface area (Å²) in [4.78, 5) is 13.2. The summed E-state index contributed by atoms with van der Waals surface area (Å²) < 4.78 is 0.848. The van der Waals surface area contributed by atoms with Crippen molar-refractivity contribution in [3.63, 3.8) is 0 Å². The smallest absolute Gasteiger partial charge is 0.270 e. The summed E-state index contributed by atoms with van der Waals surface area (Å²) in [5, 5.41) is 13.8. The number of benzene rings is 1. The van der Waals surface area contributed by atoms with Gasteiger partial charge in [-0.1, -0.05) is 27.1 Å². The predicted molar refractivity (Wildman–Crippen MR) is 65.6 cm³/mol. The van der Waals surface area contributed by atoms with Crippen molar-refractivity contribution in [1.82, 2.24) is 20.2 Å². The summed E-state index contributed by atoms with van der Waals surface area (Å²) in [6.07, 6.45) is 0. The van der Waals surface area contributed by atoms with E-state index in [0.717, 1.165) is 10.0 Å². The zero-order valence-electron chi connectivity index (χ0n) is 9.31. The zero-order valence-corrected chi connectivity index (χ0v) is 10.9. The average molecular weight is 296 g/mol. The Labute approximate surface area is 106 Å². The molecule has 0 saturated heterocycles. The molecule has 2 aromatic rings. The van der Waals surface area contributed by atoms with Crippen LogP contribution in [-0.4, -0.2) is 26.1 Å². The molecule has 17 heavy (non-hydrogen) atoms. The highest BCUT2D eigenvalue weighted by Crippen LogP contribution is 2.16. The van der Waals surface area contributed by atoms with Crippen LogP contribution in [0.3, 0.4) is 0 Å². The number of halogens is 1. The molecule has 0 aliphatic rings. The van der Waals surface area contributed by atoms with Gasteiger partial charge in [-0.05, 0) is 29.8 Å². The highest BCUT2D eigenvalue weighted by Gasteiger charge is 2.12. The Morgan fingerprint density at radius 2 is 2.24 bits per heavy atom. The minimum Gasteiger partial charge on any atom is -0.288 e. The SMILES string of the molecule is Cc1ccc(Br)cc1C(=O)Nc1nnn(C)n1. The van der Waals surface area contributed by atoms with Gasteiger partial charge in [0.05, 0.1) is 7.05 Å². The maximum atomic E-state index is 11.9. The van der Waals surface area contributed by atoms with Crippen molar-refractivity contribution in [2.45, 2.75) is 6.92 Å². The van der Waals surface area contributed by atoms with Crippen LogP contribution in [0.4, 0.5) is 5.95 Å².